The fourth-order valence-corrected chi connectivity index (χ4v) is 3.68. The smallest absolute Gasteiger partial charge is 0.255 e. The Morgan fingerprint density at radius 2 is 2.05 bits per heavy atom. The molecule has 3 rings (SSSR count). The summed E-state index contributed by atoms with van der Waals surface area (Å²) in [4.78, 5) is 25.6. The molecular formula is C15H11Cl2NO2S. The molecule has 2 aromatic rings. The largest absolute Gasteiger partial charge is 0.327 e. The number of carbonyl (C=O) groups is 2. The lowest BCUT2D eigenvalue weighted by Crippen LogP contribution is -2.28. The first-order chi connectivity index (χ1) is 10.1. The van der Waals surface area contributed by atoms with Crippen LogP contribution in [0, 0.1) is 0 Å². The van der Waals surface area contributed by atoms with Gasteiger partial charge in [-0.15, -0.1) is 11.3 Å². The summed E-state index contributed by atoms with van der Waals surface area (Å²) in [6.07, 6.45) is 0.103. The molecule has 3 nitrogen and oxygen atoms in total. The fourth-order valence-electron chi connectivity index (χ4n) is 2.62. The molecule has 108 valence electrons. The standard InChI is InChI=1S/C15H11Cl2NO2S/c16-13(19)7-12-10-3-1-2-4-11(10)15(20)18(12)8-9-5-6-21-14(9)17/h1-6,12H,7-8H2. The zero-order chi connectivity index (χ0) is 15.0. The Labute approximate surface area is 136 Å². The van der Waals surface area contributed by atoms with Crippen LogP contribution in [0.25, 0.3) is 0 Å². The molecule has 0 N–H and O–H groups in total. The van der Waals surface area contributed by atoms with Crippen molar-refractivity contribution in [2.45, 2.75) is 19.0 Å². The van der Waals surface area contributed by atoms with Crippen LogP contribution in [-0.4, -0.2) is 16.0 Å². The van der Waals surface area contributed by atoms with Gasteiger partial charge in [0, 0.05) is 24.1 Å². The fraction of sp³-hybridized carbons (Fsp3) is 0.200. The highest BCUT2D eigenvalue weighted by Gasteiger charge is 2.37. The Morgan fingerprint density at radius 1 is 1.29 bits per heavy atom. The Hall–Kier alpha value is -1.36. The highest BCUT2D eigenvalue weighted by molar-refractivity contribution is 7.14. The molecule has 0 spiro atoms. The Morgan fingerprint density at radius 3 is 2.71 bits per heavy atom. The van der Waals surface area contributed by atoms with Gasteiger partial charge < -0.3 is 4.90 Å². The number of hydrogen-bond acceptors (Lipinski definition) is 3. The highest BCUT2D eigenvalue weighted by Crippen LogP contribution is 2.38. The van der Waals surface area contributed by atoms with Gasteiger partial charge in [0.05, 0.1) is 10.4 Å². The molecule has 0 bridgehead atoms. The van der Waals surface area contributed by atoms with E-state index in [9.17, 15) is 9.59 Å². The highest BCUT2D eigenvalue weighted by atomic mass is 35.5. The Kier molecular flexibility index (Phi) is 4.02. The number of fused-ring (bicyclic) bond motifs is 1. The lowest BCUT2D eigenvalue weighted by atomic mass is 10.0. The first kappa shape index (κ1) is 14.6. The number of hydrogen-bond donors (Lipinski definition) is 0. The minimum atomic E-state index is -0.453. The molecule has 21 heavy (non-hydrogen) atoms. The van der Waals surface area contributed by atoms with Crippen LogP contribution in [0.2, 0.25) is 4.34 Å². The predicted molar refractivity (Wildman–Crippen MR) is 83.9 cm³/mol. The first-order valence-corrected chi connectivity index (χ1v) is 8.01. The average Bonchev–Trinajstić information content (AvgIpc) is 2.96. The third kappa shape index (κ3) is 2.71. The summed E-state index contributed by atoms with van der Waals surface area (Å²) in [7, 11) is 0. The van der Waals surface area contributed by atoms with E-state index in [2.05, 4.69) is 0 Å². The van der Waals surface area contributed by atoms with Gasteiger partial charge in [-0.1, -0.05) is 29.8 Å². The van der Waals surface area contributed by atoms with Crippen LogP contribution in [-0.2, 0) is 11.3 Å². The van der Waals surface area contributed by atoms with Crippen molar-refractivity contribution in [2.75, 3.05) is 0 Å². The molecule has 0 saturated heterocycles. The van der Waals surface area contributed by atoms with Crippen molar-refractivity contribution in [1.29, 1.82) is 0 Å². The number of nitrogens with zero attached hydrogens (tertiary/aromatic N) is 1. The number of rotatable bonds is 4. The molecule has 2 heterocycles. The van der Waals surface area contributed by atoms with Gasteiger partial charge in [0.1, 0.15) is 0 Å². The normalized spacial score (nSPS) is 17.1. The second kappa shape index (κ2) is 5.79. The molecule has 6 heteroatoms. The second-order valence-corrected chi connectivity index (χ2v) is 6.75. The molecule has 1 atom stereocenters. The number of amides is 1. The van der Waals surface area contributed by atoms with E-state index >= 15 is 0 Å². The summed E-state index contributed by atoms with van der Waals surface area (Å²) in [5.41, 5.74) is 2.37. The van der Waals surface area contributed by atoms with Crippen LogP contribution < -0.4 is 0 Å². The van der Waals surface area contributed by atoms with Crippen LogP contribution in [0.4, 0.5) is 0 Å². The zero-order valence-corrected chi connectivity index (χ0v) is 13.2. The third-order valence-electron chi connectivity index (χ3n) is 3.58. The maximum Gasteiger partial charge on any atom is 0.255 e. The monoisotopic (exact) mass is 339 g/mol. The Balaban J connectivity index is 1.97. The van der Waals surface area contributed by atoms with E-state index in [-0.39, 0.29) is 18.4 Å². The van der Waals surface area contributed by atoms with E-state index in [0.717, 1.165) is 11.1 Å². The molecule has 1 amide bonds. The molecule has 1 aromatic heterocycles. The van der Waals surface area contributed by atoms with Gasteiger partial charge in [0.15, 0.2) is 0 Å². The van der Waals surface area contributed by atoms with Crippen molar-refractivity contribution in [1.82, 2.24) is 4.90 Å². The lowest BCUT2D eigenvalue weighted by molar-refractivity contribution is -0.112. The minimum Gasteiger partial charge on any atom is -0.327 e. The van der Waals surface area contributed by atoms with Crippen molar-refractivity contribution in [3.05, 3.63) is 56.7 Å². The maximum atomic E-state index is 12.6. The molecule has 0 fully saturated rings. The third-order valence-corrected chi connectivity index (χ3v) is 4.98. The number of thiophene rings is 1. The summed E-state index contributed by atoms with van der Waals surface area (Å²) in [6.45, 7) is 0.380. The van der Waals surface area contributed by atoms with Gasteiger partial charge in [0.25, 0.3) is 5.91 Å². The van der Waals surface area contributed by atoms with Gasteiger partial charge in [-0.2, -0.15) is 0 Å². The molecular weight excluding hydrogens is 329 g/mol. The van der Waals surface area contributed by atoms with Crippen LogP contribution in [0.5, 0.6) is 0 Å². The van der Waals surface area contributed by atoms with Gasteiger partial charge >= 0.3 is 0 Å². The summed E-state index contributed by atoms with van der Waals surface area (Å²) in [6, 6.07) is 8.89. The quantitative estimate of drug-likeness (QED) is 0.780. The topological polar surface area (TPSA) is 37.4 Å². The second-order valence-electron chi connectivity index (χ2n) is 4.81. The summed E-state index contributed by atoms with van der Waals surface area (Å²) in [5.74, 6) is -0.0872. The molecule has 0 radical (unpaired) electrons. The van der Waals surface area contributed by atoms with Crippen molar-refractivity contribution >= 4 is 45.7 Å². The molecule has 1 aliphatic heterocycles. The van der Waals surface area contributed by atoms with Crippen LogP contribution in [0.15, 0.2) is 35.7 Å². The summed E-state index contributed by atoms with van der Waals surface area (Å²) < 4.78 is 0.662. The van der Waals surface area contributed by atoms with Gasteiger partial charge in [-0.05, 0) is 34.7 Å². The summed E-state index contributed by atoms with van der Waals surface area (Å²) in [5, 5.41) is 1.43. The minimum absolute atomic E-state index is 0.0872. The van der Waals surface area contributed by atoms with Crippen molar-refractivity contribution in [2.24, 2.45) is 0 Å². The van der Waals surface area contributed by atoms with Gasteiger partial charge in [0.2, 0.25) is 5.24 Å². The number of benzene rings is 1. The van der Waals surface area contributed by atoms with E-state index in [4.69, 9.17) is 23.2 Å². The molecule has 0 saturated carbocycles. The van der Waals surface area contributed by atoms with Crippen molar-refractivity contribution < 1.29 is 9.59 Å². The molecule has 1 unspecified atom stereocenters. The van der Waals surface area contributed by atoms with Crippen molar-refractivity contribution in [3.8, 4) is 0 Å². The average molecular weight is 340 g/mol. The Bertz CT molecular complexity index is 713. The van der Waals surface area contributed by atoms with Crippen LogP contribution in [0.3, 0.4) is 0 Å². The van der Waals surface area contributed by atoms with E-state index in [1.165, 1.54) is 11.3 Å². The van der Waals surface area contributed by atoms with Gasteiger partial charge in [-0.3, -0.25) is 9.59 Å². The zero-order valence-electron chi connectivity index (χ0n) is 10.9. The van der Waals surface area contributed by atoms with E-state index in [1.54, 1.807) is 11.0 Å². The van der Waals surface area contributed by atoms with E-state index in [1.807, 2.05) is 29.6 Å². The number of halogens is 2. The number of carbonyl (C=O) groups excluding carboxylic acids is 2. The summed E-state index contributed by atoms with van der Waals surface area (Å²) >= 11 is 13.1. The molecule has 1 aliphatic rings. The van der Waals surface area contributed by atoms with Crippen LogP contribution in [0.1, 0.15) is 33.9 Å². The first-order valence-electron chi connectivity index (χ1n) is 6.38. The van der Waals surface area contributed by atoms with Crippen molar-refractivity contribution in [3.63, 3.8) is 0 Å². The lowest BCUT2D eigenvalue weighted by Gasteiger charge is -2.24. The molecule has 0 aliphatic carbocycles. The maximum absolute atomic E-state index is 12.6. The van der Waals surface area contributed by atoms with Gasteiger partial charge in [-0.25, -0.2) is 0 Å². The SMILES string of the molecule is O=C(Cl)CC1c2ccccc2C(=O)N1Cc1ccsc1Cl. The molecule has 1 aromatic carbocycles. The predicted octanol–water partition coefficient (Wildman–Crippen LogP) is 4.25. The van der Waals surface area contributed by atoms with E-state index in [0.29, 0.717) is 16.4 Å². The van der Waals surface area contributed by atoms with E-state index < -0.39 is 5.24 Å². The van der Waals surface area contributed by atoms with Crippen LogP contribution >= 0.6 is 34.5 Å².